The zero-order valence-corrected chi connectivity index (χ0v) is 15.8. The Balaban J connectivity index is 1.87. The molecule has 0 saturated carbocycles. The molecule has 1 unspecified atom stereocenters. The summed E-state index contributed by atoms with van der Waals surface area (Å²) in [7, 11) is 0. The van der Waals surface area contributed by atoms with Crippen LogP contribution in [0.15, 0.2) is 28.8 Å². The molecule has 1 fully saturated rings. The lowest BCUT2D eigenvalue weighted by molar-refractivity contribution is -0.0229. The van der Waals surface area contributed by atoms with Crippen LogP contribution in [0.3, 0.4) is 0 Å². The van der Waals surface area contributed by atoms with Crippen LogP contribution in [0.4, 0.5) is 0 Å². The van der Waals surface area contributed by atoms with E-state index in [4.69, 9.17) is 20.9 Å². The van der Waals surface area contributed by atoms with Crippen molar-refractivity contribution >= 4 is 17.5 Å². The maximum absolute atomic E-state index is 13.1. The molecule has 6 heteroatoms. The van der Waals surface area contributed by atoms with Crippen LogP contribution in [0.2, 0.25) is 5.02 Å². The van der Waals surface area contributed by atoms with Crippen molar-refractivity contribution in [3.63, 3.8) is 0 Å². The molecular formula is C19H23ClN2O3. The number of carbonyl (C=O) groups excluding carboxylic acids is 1. The van der Waals surface area contributed by atoms with E-state index in [0.29, 0.717) is 41.7 Å². The fourth-order valence-electron chi connectivity index (χ4n) is 3.05. The number of amides is 1. The first-order valence-corrected chi connectivity index (χ1v) is 8.79. The molecule has 0 spiro atoms. The minimum atomic E-state index is -0.267. The number of benzene rings is 1. The summed E-state index contributed by atoms with van der Waals surface area (Å²) in [5, 5.41) is 4.77. The van der Waals surface area contributed by atoms with Gasteiger partial charge in [0.25, 0.3) is 5.91 Å². The maximum Gasteiger partial charge on any atom is 0.259 e. The summed E-state index contributed by atoms with van der Waals surface area (Å²) in [6.07, 6.45) is -0.232. The van der Waals surface area contributed by atoms with E-state index in [1.54, 1.807) is 11.8 Å². The van der Waals surface area contributed by atoms with Crippen molar-refractivity contribution in [1.29, 1.82) is 0 Å². The summed E-state index contributed by atoms with van der Waals surface area (Å²) >= 11 is 6.29. The van der Waals surface area contributed by atoms with Gasteiger partial charge < -0.3 is 14.2 Å². The van der Waals surface area contributed by atoms with Crippen molar-refractivity contribution < 1.29 is 14.1 Å². The lowest BCUT2D eigenvalue weighted by Gasteiger charge is -2.34. The summed E-state index contributed by atoms with van der Waals surface area (Å²) in [4.78, 5) is 14.9. The summed E-state index contributed by atoms with van der Waals surface area (Å²) in [6, 6.07) is 7.58. The number of hydrogen-bond acceptors (Lipinski definition) is 4. The molecule has 0 radical (unpaired) electrons. The second-order valence-electron chi connectivity index (χ2n) is 7.34. The highest BCUT2D eigenvalue weighted by molar-refractivity contribution is 6.31. The first kappa shape index (κ1) is 18.0. The van der Waals surface area contributed by atoms with E-state index in [-0.39, 0.29) is 17.4 Å². The molecule has 1 aliphatic heterocycles. The highest BCUT2D eigenvalue weighted by Crippen LogP contribution is 2.31. The number of ether oxygens (including phenoxy) is 1. The van der Waals surface area contributed by atoms with Crippen molar-refractivity contribution in [3.05, 3.63) is 51.9 Å². The number of aryl methyl sites for hydroxylation is 1. The predicted molar refractivity (Wildman–Crippen MR) is 96.0 cm³/mol. The Bertz CT molecular complexity index is 779. The van der Waals surface area contributed by atoms with Crippen molar-refractivity contribution in [2.75, 3.05) is 19.7 Å². The number of aromatic nitrogens is 1. The molecule has 0 bridgehead atoms. The van der Waals surface area contributed by atoms with Gasteiger partial charge in [-0.15, -0.1) is 0 Å². The van der Waals surface area contributed by atoms with Gasteiger partial charge in [0, 0.05) is 22.5 Å². The lowest BCUT2D eigenvalue weighted by Crippen LogP contribution is -2.43. The SMILES string of the molecule is Cc1onc(C(C)(C)C)c1C(=O)N1CCOC(c2ccccc2Cl)C1. The van der Waals surface area contributed by atoms with Gasteiger partial charge in [0.1, 0.15) is 23.1 Å². The molecule has 1 amide bonds. The smallest absolute Gasteiger partial charge is 0.259 e. The highest BCUT2D eigenvalue weighted by Gasteiger charge is 2.34. The second-order valence-corrected chi connectivity index (χ2v) is 7.75. The molecule has 3 rings (SSSR count). The minimum absolute atomic E-state index is 0.0657. The third-order valence-corrected chi connectivity index (χ3v) is 4.74. The predicted octanol–water partition coefficient (Wildman–Crippen LogP) is 4.15. The summed E-state index contributed by atoms with van der Waals surface area (Å²) in [5.41, 5.74) is 1.89. The van der Waals surface area contributed by atoms with Gasteiger partial charge in [0.15, 0.2) is 0 Å². The van der Waals surface area contributed by atoms with E-state index in [9.17, 15) is 4.79 Å². The zero-order chi connectivity index (χ0) is 18.2. The molecule has 5 nitrogen and oxygen atoms in total. The monoisotopic (exact) mass is 362 g/mol. The van der Waals surface area contributed by atoms with Gasteiger partial charge >= 0.3 is 0 Å². The molecule has 1 aromatic heterocycles. The van der Waals surface area contributed by atoms with Crippen LogP contribution in [0.5, 0.6) is 0 Å². The van der Waals surface area contributed by atoms with Crippen LogP contribution in [-0.4, -0.2) is 35.7 Å². The molecule has 1 aromatic carbocycles. The first-order chi connectivity index (χ1) is 11.8. The van der Waals surface area contributed by atoms with Crippen molar-refractivity contribution in [2.45, 2.75) is 39.2 Å². The van der Waals surface area contributed by atoms with Crippen LogP contribution < -0.4 is 0 Å². The molecule has 134 valence electrons. The summed E-state index contributed by atoms with van der Waals surface area (Å²) in [6.45, 7) is 9.30. The van der Waals surface area contributed by atoms with Gasteiger partial charge in [0.05, 0.1) is 13.2 Å². The van der Waals surface area contributed by atoms with Gasteiger partial charge in [-0.2, -0.15) is 0 Å². The van der Waals surface area contributed by atoms with E-state index >= 15 is 0 Å². The van der Waals surface area contributed by atoms with E-state index in [1.807, 2.05) is 45.0 Å². The second kappa shape index (κ2) is 6.81. The summed E-state index contributed by atoms with van der Waals surface area (Å²) in [5.74, 6) is 0.486. The number of rotatable bonds is 2. The zero-order valence-electron chi connectivity index (χ0n) is 15.0. The number of nitrogens with zero attached hydrogens (tertiary/aromatic N) is 2. The van der Waals surface area contributed by atoms with Gasteiger partial charge in [0.2, 0.25) is 0 Å². The molecule has 0 N–H and O–H groups in total. The first-order valence-electron chi connectivity index (χ1n) is 8.41. The molecule has 2 aromatic rings. The van der Waals surface area contributed by atoms with E-state index in [1.165, 1.54) is 0 Å². The van der Waals surface area contributed by atoms with Gasteiger partial charge in [-0.1, -0.05) is 55.7 Å². The Morgan fingerprint density at radius 1 is 1.32 bits per heavy atom. The number of morpholine rings is 1. The highest BCUT2D eigenvalue weighted by atomic mass is 35.5. The molecule has 1 aliphatic rings. The molecule has 2 heterocycles. The fourth-order valence-corrected chi connectivity index (χ4v) is 3.31. The largest absolute Gasteiger partial charge is 0.370 e. The normalized spacial score (nSPS) is 18.4. The van der Waals surface area contributed by atoms with Crippen molar-refractivity contribution in [1.82, 2.24) is 10.1 Å². The van der Waals surface area contributed by atoms with Gasteiger partial charge in [-0.25, -0.2) is 0 Å². The number of hydrogen-bond donors (Lipinski definition) is 0. The molecule has 1 saturated heterocycles. The fraction of sp³-hybridized carbons (Fsp3) is 0.474. The van der Waals surface area contributed by atoms with Gasteiger partial charge in [-0.05, 0) is 13.0 Å². The van der Waals surface area contributed by atoms with Crippen LogP contribution in [-0.2, 0) is 10.2 Å². The van der Waals surface area contributed by atoms with E-state index < -0.39 is 0 Å². The average molecular weight is 363 g/mol. The van der Waals surface area contributed by atoms with E-state index in [0.717, 1.165) is 5.56 Å². The average Bonchev–Trinajstić information content (AvgIpc) is 2.96. The van der Waals surface area contributed by atoms with Crippen molar-refractivity contribution in [3.8, 4) is 0 Å². The lowest BCUT2D eigenvalue weighted by atomic mass is 9.88. The Hall–Kier alpha value is -1.85. The third kappa shape index (κ3) is 3.58. The molecule has 25 heavy (non-hydrogen) atoms. The maximum atomic E-state index is 13.1. The standard InChI is InChI=1S/C19H23ClN2O3/c1-12-16(17(21-25-12)19(2,3)4)18(23)22-9-10-24-15(11-22)13-7-5-6-8-14(13)20/h5-8,15H,9-11H2,1-4H3. The Kier molecular flexibility index (Phi) is 4.89. The van der Waals surface area contributed by atoms with E-state index in [2.05, 4.69) is 5.16 Å². The summed E-state index contributed by atoms with van der Waals surface area (Å²) < 4.78 is 11.2. The molecule has 0 aliphatic carbocycles. The third-order valence-electron chi connectivity index (χ3n) is 4.39. The minimum Gasteiger partial charge on any atom is -0.370 e. The topological polar surface area (TPSA) is 55.6 Å². The molecule has 1 atom stereocenters. The Labute approximate surface area is 152 Å². The van der Waals surface area contributed by atoms with Crippen LogP contribution in [0, 0.1) is 6.92 Å². The van der Waals surface area contributed by atoms with Crippen molar-refractivity contribution in [2.24, 2.45) is 0 Å². The number of carbonyl (C=O) groups is 1. The Morgan fingerprint density at radius 2 is 2.04 bits per heavy atom. The number of halogens is 1. The van der Waals surface area contributed by atoms with Crippen LogP contribution in [0.25, 0.3) is 0 Å². The van der Waals surface area contributed by atoms with Gasteiger partial charge in [-0.3, -0.25) is 4.79 Å². The quantitative estimate of drug-likeness (QED) is 0.805. The van der Waals surface area contributed by atoms with Crippen LogP contribution in [0.1, 0.15) is 54.3 Å². The molecular weight excluding hydrogens is 340 g/mol. The Morgan fingerprint density at radius 3 is 2.72 bits per heavy atom. The van der Waals surface area contributed by atoms with Crippen LogP contribution >= 0.6 is 11.6 Å².